The van der Waals surface area contributed by atoms with Crippen molar-refractivity contribution in [1.29, 1.82) is 15.9 Å². The third kappa shape index (κ3) is 2.52. The molecule has 3 rings (SSSR count). The molecule has 5 heteroatoms. The Morgan fingerprint density at radius 1 is 1.35 bits per heavy atom. The van der Waals surface area contributed by atoms with Crippen molar-refractivity contribution in [2.75, 3.05) is 6.61 Å². The molecule has 0 aromatic heterocycles. The van der Waals surface area contributed by atoms with Crippen molar-refractivity contribution in [3.8, 4) is 12.1 Å². The van der Waals surface area contributed by atoms with Gasteiger partial charge in [0, 0.05) is 5.92 Å². The predicted octanol–water partition coefficient (Wildman–Crippen LogP) is 3.74. The smallest absolute Gasteiger partial charge is 0.333 e. The number of esters is 1. The molecule has 0 amide bonds. The van der Waals surface area contributed by atoms with Crippen molar-refractivity contribution >= 4 is 11.7 Å². The Morgan fingerprint density at radius 3 is 2.69 bits per heavy atom. The van der Waals surface area contributed by atoms with Gasteiger partial charge < -0.3 is 10.1 Å². The molecule has 1 fully saturated rings. The molecular weight excluding hydrogens is 326 g/mol. The Hall–Kier alpha value is -2.92. The van der Waals surface area contributed by atoms with Crippen LogP contribution in [0.25, 0.3) is 0 Å². The Morgan fingerprint density at radius 2 is 2.08 bits per heavy atom. The van der Waals surface area contributed by atoms with Crippen LogP contribution in [-0.2, 0) is 9.53 Å². The van der Waals surface area contributed by atoms with Crippen LogP contribution < -0.4 is 0 Å². The average molecular weight is 347 g/mol. The van der Waals surface area contributed by atoms with Crippen molar-refractivity contribution in [3.63, 3.8) is 0 Å². The van der Waals surface area contributed by atoms with Gasteiger partial charge in [-0.2, -0.15) is 10.5 Å². The molecule has 0 aliphatic heterocycles. The van der Waals surface area contributed by atoms with E-state index in [-0.39, 0.29) is 18.2 Å². The van der Waals surface area contributed by atoms with Gasteiger partial charge in [0.1, 0.15) is 5.92 Å². The summed E-state index contributed by atoms with van der Waals surface area (Å²) in [6.45, 7) is 1.81. The van der Waals surface area contributed by atoms with Crippen molar-refractivity contribution < 1.29 is 9.53 Å². The maximum Gasteiger partial charge on any atom is 0.333 e. The van der Waals surface area contributed by atoms with E-state index >= 15 is 0 Å². The number of fused-ring (bicyclic) bond motifs is 1. The average Bonchev–Trinajstić information content (AvgIpc) is 2.68. The molecule has 0 heterocycles. The van der Waals surface area contributed by atoms with Crippen molar-refractivity contribution in [2.24, 2.45) is 17.3 Å². The summed E-state index contributed by atoms with van der Waals surface area (Å²) in [7, 11) is 0. The number of nitriles is 2. The van der Waals surface area contributed by atoms with Gasteiger partial charge in [-0.15, -0.1) is 0 Å². The topological polar surface area (TPSA) is 97.7 Å². The van der Waals surface area contributed by atoms with E-state index in [0.29, 0.717) is 0 Å². The first-order valence-corrected chi connectivity index (χ1v) is 8.93. The lowest BCUT2D eigenvalue weighted by molar-refractivity contribution is -0.150. The number of rotatable bonds is 3. The summed E-state index contributed by atoms with van der Waals surface area (Å²) in [5, 5.41) is 28.5. The summed E-state index contributed by atoms with van der Waals surface area (Å²) in [6.07, 6.45) is 4.61. The van der Waals surface area contributed by atoms with Crippen LogP contribution in [0.3, 0.4) is 0 Å². The first-order valence-electron chi connectivity index (χ1n) is 8.93. The number of nitrogens with one attached hydrogen (secondary N) is 1. The SMILES string of the molecule is CCOC(=O)[C@]1(C#N)C(=N)[C@@H](C#N)C2=CCCC[C@H]2[C@H]1c1ccccc1. The van der Waals surface area contributed by atoms with Gasteiger partial charge in [0.2, 0.25) is 5.41 Å². The van der Waals surface area contributed by atoms with Crippen LogP contribution in [0.2, 0.25) is 0 Å². The number of allylic oxidation sites excluding steroid dienone is 2. The highest BCUT2D eigenvalue weighted by atomic mass is 16.5. The molecule has 0 bridgehead atoms. The van der Waals surface area contributed by atoms with Crippen molar-refractivity contribution in [3.05, 3.63) is 47.5 Å². The van der Waals surface area contributed by atoms with Crippen LogP contribution in [0, 0.1) is 45.3 Å². The fourth-order valence-corrected chi connectivity index (χ4v) is 4.42. The minimum Gasteiger partial charge on any atom is -0.464 e. The molecular formula is C21H21N3O2. The highest BCUT2D eigenvalue weighted by molar-refractivity contribution is 6.13. The van der Waals surface area contributed by atoms with E-state index in [1.807, 2.05) is 36.4 Å². The molecule has 0 saturated heterocycles. The zero-order chi connectivity index (χ0) is 18.7. The van der Waals surface area contributed by atoms with Gasteiger partial charge in [-0.3, -0.25) is 0 Å². The van der Waals surface area contributed by atoms with Crippen molar-refractivity contribution in [1.82, 2.24) is 0 Å². The van der Waals surface area contributed by atoms with E-state index in [2.05, 4.69) is 12.1 Å². The van der Waals surface area contributed by atoms with E-state index in [1.165, 1.54) is 0 Å². The zero-order valence-electron chi connectivity index (χ0n) is 14.7. The summed E-state index contributed by atoms with van der Waals surface area (Å²) in [6, 6.07) is 13.7. The van der Waals surface area contributed by atoms with Crippen LogP contribution >= 0.6 is 0 Å². The van der Waals surface area contributed by atoms with Gasteiger partial charge in [0.25, 0.3) is 0 Å². The summed E-state index contributed by atoms with van der Waals surface area (Å²) >= 11 is 0. The minimum absolute atomic E-state index is 0.117. The number of carbonyl (C=O) groups excluding carboxylic acids is 1. The number of ether oxygens (including phenoxy) is 1. The summed E-state index contributed by atoms with van der Waals surface area (Å²) < 4.78 is 5.24. The normalized spacial score (nSPS) is 30.3. The van der Waals surface area contributed by atoms with Crippen LogP contribution in [0.15, 0.2) is 42.0 Å². The first kappa shape index (κ1) is 17.9. The molecule has 5 nitrogen and oxygen atoms in total. The molecule has 26 heavy (non-hydrogen) atoms. The second kappa shape index (κ2) is 7.14. The second-order valence-corrected chi connectivity index (χ2v) is 6.75. The highest BCUT2D eigenvalue weighted by Gasteiger charge is 2.61. The molecule has 132 valence electrons. The van der Waals surface area contributed by atoms with Gasteiger partial charge in [-0.1, -0.05) is 36.4 Å². The summed E-state index contributed by atoms with van der Waals surface area (Å²) in [5.41, 5.74) is -0.204. The number of benzene rings is 1. The predicted molar refractivity (Wildman–Crippen MR) is 96.1 cm³/mol. The maximum absolute atomic E-state index is 13.0. The standard InChI is InChI=1S/C21H21N3O2/c1-2-26-20(25)21(13-23)18(14-8-4-3-5-9-14)16-11-7-6-10-15(16)17(12-22)19(21)24/h3-5,8-10,16-18,24H,2,6-7,11H2,1H3/t16-,17+,18-,21+/m1/s1. The fourth-order valence-electron chi connectivity index (χ4n) is 4.42. The van der Waals surface area contributed by atoms with Crippen LogP contribution in [0.1, 0.15) is 37.7 Å². The largest absolute Gasteiger partial charge is 0.464 e. The molecule has 2 aliphatic rings. The Kier molecular flexibility index (Phi) is 4.91. The molecule has 0 spiro atoms. The summed E-state index contributed by atoms with van der Waals surface area (Å²) in [4.78, 5) is 13.0. The molecule has 1 saturated carbocycles. The number of hydrogen-bond acceptors (Lipinski definition) is 5. The molecule has 2 aliphatic carbocycles. The second-order valence-electron chi connectivity index (χ2n) is 6.75. The van der Waals surface area contributed by atoms with Gasteiger partial charge in [-0.25, -0.2) is 4.79 Å². The quantitative estimate of drug-likeness (QED) is 0.665. The Labute approximate surface area is 153 Å². The zero-order valence-corrected chi connectivity index (χ0v) is 14.7. The van der Waals surface area contributed by atoms with Crippen molar-refractivity contribution in [2.45, 2.75) is 32.1 Å². The molecule has 0 unspecified atom stereocenters. The third-order valence-corrected chi connectivity index (χ3v) is 5.50. The molecule has 1 aromatic carbocycles. The van der Waals surface area contributed by atoms with E-state index in [1.54, 1.807) is 6.92 Å². The van der Waals surface area contributed by atoms with Gasteiger partial charge in [-0.05, 0) is 43.2 Å². The molecule has 1 N–H and O–H groups in total. The Bertz CT molecular complexity index is 831. The van der Waals surface area contributed by atoms with E-state index in [0.717, 1.165) is 30.4 Å². The lowest BCUT2D eigenvalue weighted by atomic mass is 9.52. The lowest BCUT2D eigenvalue weighted by Gasteiger charge is -2.47. The van der Waals surface area contributed by atoms with Gasteiger partial charge in [0.05, 0.1) is 24.5 Å². The van der Waals surface area contributed by atoms with Crippen LogP contribution in [0.5, 0.6) is 0 Å². The lowest BCUT2D eigenvalue weighted by Crippen LogP contribution is -2.54. The Balaban J connectivity index is 2.27. The number of nitrogens with zero attached hydrogens (tertiary/aromatic N) is 2. The monoisotopic (exact) mass is 347 g/mol. The first-order chi connectivity index (χ1) is 12.6. The number of hydrogen-bond donors (Lipinski definition) is 1. The minimum atomic E-state index is -1.77. The third-order valence-electron chi connectivity index (χ3n) is 5.50. The van der Waals surface area contributed by atoms with Crippen LogP contribution in [-0.4, -0.2) is 18.3 Å². The summed E-state index contributed by atoms with van der Waals surface area (Å²) in [5.74, 6) is -2.19. The van der Waals surface area contributed by atoms with E-state index in [4.69, 9.17) is 10.1 Å². The molecule has 0 radical (unpaired) electrons. The van der Waals surface area contributed by atoms with E-state index < -0.39 is 23.2 Å². The molecule has 1 aromatic rings. The van der Waals surface area contributed by atoms with Crippen LogP contribution in [0.4, 0.5) is 0 Å². The van der Waals surface area contributed by atoms with Gasteiger partial charge >= 0.3 is 5.97 Å². The molecule has 4 atom stereocenters. The van der Waals surface area contributed by atoms with E-state index in [9.17, 15) is 15.3 Å². The number of carbonyl (C=O) groups is 1. The van der Waals surface area contributed by atoms with Gasteiger partial charge in [0.15, 0.2) is 0 Å². The fraction of sp³-hybridized carbons (Fsp3) is 0.429. The highest BCUT2D eigenvalue weighted by Crippen LogP contribution is 2.55. The maximum atomic E-state index is 13.0.